The predicted molar refractivity (Wildman–Crippen MR) is 64.4 cm³/mol. The van der Waals surface area contributed by atoms with Crippen LogP contribution in [0.25, 0.3) is 0 Å². The SMILES string of the molecule is Cn1cc(NC(=O)CCc2ccncc2)cn1. The lowest BCUT2D eigenvalue weighted by Gasteiger charge is -2.02. The minimum absolute atomic E-state index is 0.00480. The monoisotopic (exact) mass is 230 g/mol. The van der Waals surface area contributed by atoms with Crippen LogP contribution in [0.4, 0.5) is 5.69 Å². The van der Waals surface area contributed by atoms with E-state index >= 15 is 0 Å². The Morgan fingerprint density at radius 1 is 1.41 bits per heavy atom. The molecule has 5 nitrogen and oxygen atoms in total. The van der Waals surface area contributed by atoms with Crippen molar-refractivity contribution in [3.63, 3.8) is 0 Å². The van der Waals surface area contributed by atoms with Crippen LogP contribution >= 0.6 is 0 Å². The quantitative estimate of drug-likeness (QED) is 0.863. The van der Waals surface area contributed by atoms with Gasteiger partial charge in [-0.2, -0.15) is 5.10 Å². The van der Waals surface area contributed by atoms with E-state index in [2.05, 4.69) is 15.4 Å². The highest BCUT2D eigenvalue weighted by molar-refractivity contribution is 5.90. The lowest BCUT2D eigenvalue weighted by molar-refractivity contribution is -0.116. The van der Waals surface area contributed by atoms with Crippen LogP contribution < -0.4 is 5.32 Å². The molecule has 2 aromatic heterocycles. The van der Waals surface area contributed by atoms with Crippen LogP contribution in [0, 0.1) is 0 Å². The van der Waals surface area contributed by atoms with Gasteiger partial charge in [0.25, 0.3) is 0 Å². The Morgan fingerprint density at radius 2 is 2.18 bits per heavy atom. The summed E-state index contributed by atoms with van der Waals surface area (Å²) in [6, 6.07) is 3.83. The van der Waals surface area contributed by atoms with E-state index in [1.807, 2.05) is 19.2 Å². The molecule has 0 saturated carbocycles. The number of hydrogen-bond donors (Lipinski definition) is 1. The van der Waals surface area contributed by atoms with Crippen molar-refractivity contribution in [2.75, 3.05) is 5.32 Å². The average molecular weight is 230 g/mol. The number of nitrogens with one attached hydrogen (secondary N) is 1. The molecule has 2 rings (SSSR count). The first-order chi connectivity index (χ1) is 8.24. The third-order valence-electron chi connectivity index (χ3n) is 2.38. The molecular weight excluding hydrogens is 216 g/mol. The fourth-order valence-electron chi connectivity index (χ4n) is 1.52. The molecule has 0 bridgehead atoms. The number of rotatable bonds is 4. The number of aryl methyl sites for hydroxylation is 2. The summed E-state index contributed by atoms with van der Waals surface area (Å²) in [6.45, 7) is 0. The van der Waals surface area contributed by atoms with Gasteiger partial charge in [0.2, 0.25) is 5.91 Å². The summed E-state index contributed by atoms with van der Waals surface area (Å²) in [5, 5.41) is 6.78. The van der Waals surface area contributed by atoms with E-state index in [-0.39, 0.29) is 5.91 Å². The second-order valence-electron chi connectivity index (χ2n) is 3.81. The van der Waals surface area contributed by atoms with Gasteiger partial charge in [-0.3, -0.25) is 14.5 Å². The van der Waals surface area contributed by atoms with Crippen molar-refractivity contribution in [2.45, 2.75) is 12.8 Å². The van der Waals surface area contributed by atoms with Gasteiger partial charge in [0.05, 0.1) is 11.9 Å². The molecule has 2 aromatic rings. The number of hydrogen-bond acceptors (Lipinski definition) is 3. The summed E-state index contributed by atoms with van der Waals surface area (Å²) in [5.74, 6) is -0.00480. The van der Waals surface area contributed by atoms with Gasteiger partial charge < -0.3 is 5.32 Å². The van der Waals surface area contributed by atoms with Crippen LogP contribution in [0.1, 0.15) is 12.0 Å². The maximum absolute atomic E-state index is 11.6. The molecule has 0 atom stereocenters. The molecule has 1 N–H and O–H groups in total. The average Bonchev–Trinajstić information content (AvgIpc) is 2.73. The fraction of sp³-hybridized carbons (Fsp3) is 0.250. The third kappa shape index (κ3) is 3.41. The second-order valence-corrected chi connectivity index (χ2v) is 3.81. The highest BCUT2D eigenvalue weighted by atomic mass is 16.1. The molecule has 0 aliphatic carbocycles. The predicted octanol–water partition coefficient (Wildman–Crippen LogP) is 1.39. The van der Waals surface area contributed by atoms with E-state index in [1.165, 1.54) is 0 Å². The smallest absolute Gasteiger partial charge is 0.224 e. The minimum atomic E-state index is -0.00480. The number of anilines is 1. The van der Waals surface area contributed by atoms with Crippen LogP contribution in [0.15, 0.2) is 36.9 Å². The molecule has 0 saturated heterocycles. The van der Waals surface area contributed by atoms with Gasteiger partial charge in [0, 0.05) is 32.1 Å². The van der Waals surface area contributed by atoms with E-state index < -0.39 is 0 Å². The Morgan fingerprint density at radius 3 is 2.82 bits per heavy atom. The molecule has 0 fully saturated rings. The van der Waals surface area contributed by atoms with Gasteiger partial charge in [-0.15, -0.1) is 0 Å². The topological polar surface area (TPSA) is 59.8 Å². The molecule has 2 heterocycles. The second kappa shape index (κ2) is 5.25. The van der Waals surface area contributed by atoms with Crippen LogP contribution in [0.2, 0.25) is 0 Å². The zero-order valence-corrected chi connectivity index (χ0v) is 9.63. The Bertz CT molecular complexity index is 492. The first-order valence-electron chi connectivity index (χ1n) is 5.41. The lowest BCUT2D eigenvalue weighted by Crippen LogP contribution is -2.11. The zero-order chi connectivity index (χ0) is 12.1. The van der Waals surface area contributed by atoms with Gasteiger partial charge in [-0.05, 0) is 24.1 Å². The molecule has 0 aliphatic rings. The summed E-state index contributed by atoms with van der Waals surface area (Å²) in [5.41, 5.74) is 1.84. The Labute approximate surface area is 99.5 Å². The summed E-state index contributed by atoms with van der Waals surface area (Å²) >= 11 is 0. The van der Waals surface area contributed by atoms with Crippen LogP contribution in [0.5, 0.6) is 0 Å². The fourth-order valence-corrected chi connectivity index (χ4v) is 1.52. The minimum Gasteiger partial charge on any atom is -0.323 e. The van der Waals surface area contributed by atoms with E-state index in [0.29, 0.717) is 12.8 Å². The van der Waals surface area contributed by atoms with Crippen LogP contribution in [-0.2, 0) is 18.3 Å². The van der Waals surface area contributed by atoms with Crippen molar-refractivity contribution < 1.29 is 4.79 Å². The molecule has 0 aliphatic heterocycles. The van der Waals surface area contributed by atoms with E-state index in [4.69, 9.17) is 0 Å². The Hall–Kier alpha value is -2.17. The number of carbonyl (C=O) groups is 1. The maximum atomic E-state index is 11.6. The van der Waals surface area contributed by atoms with Gasteiger partial charge in [0.15, 0.2) is 0 Å². The van der Waals surface area contributed by atoms with Crippen molar-refractivity contribution in [3.05, 3.63) is 42.5 Å². The number of carbonyl (C=O) groups excluding carboxylic acids is 1. The molecule has 88 valence electrons. The van der Waals surface area contributed by atoms with Gasteiger partial charge in [-0.1, -0.05) is 0 Å². The van der Waals surface area contributed by atoms with E-state index in [9.17, 15) is 4.79 Å². The van der Waals surface area contributed by atoms with Crippen LogP contribution in [-0.4, -0.2) is 20.7 Å². The van der Waals surface area contributed by atoms with Crippen molar-refractivity contribution in [1.29, 1.82) is 0 Å². The molecule has 17 heavy (non-hydrogen) atoms. The van der Waals surface area contributed by atoms with Gasteiger partial charge >= 0.3 is 0 Å². The molecule has 5 heteroatoms. The van der Waals surface area contributed by atoms with E-state index in [1.54, 1.807) is 29.5 Å². The Kier molecular flexibility index (Phi) is 3.49. The number of pyridine rings is 1. The number of aromatic nitrogens is 3. The number of amides is 1. The summed E-state index contributed by atoms with van der Waals surface area (Å²) in [6.07, 6.45) is 8.03. The van der Waals surface area contributed by atoms with Crippen molar-refractivity contribution in [3.8, 4) is 0 Å². The molecule has 0 aromatic carbocycles. The van der Waals surface area contributed by atoms with Gasteiger partial charge in [0.1, 0.15) is 0 Å². The highest BCUT2D eigenvalue weighted by Crippen LogP contribution is 2.06. The van der Waals surface area contributed by atoms with Crippen molar-refractivity contribution in [2.24, 2.45) is 7.05 Å². The lowest BCUT2D eigenvalue weighted by atomic mass is 10.1. The summed E-state index contributed by atoms with van der Waals surface area (Å²) < 4.78 is 1.65. The van der Waals surface area contributed by atoms with Crippen molar-refractivity contribution in [1.82, 2.24) is 14.8 Å². The summed E-state index contributed by atoms with van der Waals surface area (Å²) in [7, 11) is 1.81. The molecular formula is C12H14N4O. The maximum Gasteiger partial charge on any atom is 0.224 e. The standard InChI is InChI=1S/C12H14N4O/c1-16-9-11(8-14-16)15-12(17)3-2-10-4-6-13-7-5-10/h4-9H,2-3H2,1H3,(H,15,17). The molecule has 1 amide bonds. The Balaban J connectivity index is 1.82. The summed E-state index contributed by atoms with van der Waals surface area (Å²) in [4.78, 5) is 15.6. The normalized spacial score (nSPS) is 10.2. The first kappa shape index (κ1) is 11.3. The first-order valence-corrected chi connectivity index (χ1v) is 5.41. The van der Waals surface area contributed by atoms with Crippen LogP contribution in [0.3, 0.4) is 0 Å². The zero-order valence-electron chi connectivity index (χ0n) is 9.63. The molecule has 0 unspecified atom stereocenters. The third-order valence-corrected chi connectivity index (χ3v) is 2.38. The van der Waals surface area contributed by atoms with E-state index in [0.717, 1.165) is 11.3 Å². The molecule has 0 radical (unpaired) electrons. The highest BCUT2D eigenvalue weighted by Gasteiger charge is 2.04. The molecule has 0 spiro atoms. The van der Waals surface area contributed by atoms with Gasteiger partial charge in [-0.25, -0.2) is 0 Å². The van der Waals surface area contributed by atoms with Crippen molar-refractivity contribution >= 4 is 11.6 Å². The largest absolute Gasteiger partial charge is 0.323 e. The number of nitrogens with zero attached hydrogens (tertiary/aromatic N) is 3.